The Morgan fingerprint density at radius 2 is 1.79 bits per heavy atom. The van der Waals surface area contributed by atoms with E-state index in [9.17, 15) is 19.5 Å². The summed E-state index contributed by atoms with van der Waals surface area (Å²) in [5, 5.41) is 49.8. The van der Waals surface area contributed by atoms with Crippen LogP contribution in [0.1, 0.15) is 45.4 Å². The number of nitrogens with one attached hydrogen (secondary N) is 2. The maximum Gasteiger partial charge on any atom is 0.336 e. The van der Waals surface area contributed by atoms with Crippen molar-refractivity contribution >= 4 is 46.3 Å². The van der Waals surface area contributed by atoms with E-state index in [1.54, 1.807) is 31.7 Å². The lowest BCUT2D eigenvalue weighted by Gasteiger charge is -2.30. The summed E-state index contributed by atoms with van der Waals surface area (Å²) < 4.78 is 8.31. The highest BCUT2D eigenvalue weighted by molar-refractivity contribution is 5.98. The van der Waals surface area contributed by atoms with Crippen molar-refractivity contribution in [3.63, 3.8) is 0 Å². The molecule has 4 rings (SSSR count). The topological polar surface area (TPSA) is 286 Å². The summed E-state index contributed by atoms with van der Waals surface area (Å²) in [5.74, 6) is -3.18. The molecule has 1 aliphatic rings. The highest BCUT2D eigenvalue weighted by atomic mass is 16.5. The van der Waals surface area contributed by atoms with Crippen molar-refractivity contribution in [3.8, 4) is 5.75 Å². The van der Waals surface area contributed by atoms with E-state index in [0.717, 1.165) is 48.3 Å². The Labute approximate surface area is 276 Å². The SMILES string of the molecule is C[C@H](O)CNC1CCC(Oc2cc(N=C(N)/C=C\Nc3ccccn3)c3ncn(C)c3c2)CC1.O.O=C(O)CC(O)(CC(=O)O)C(=O)O. The number of aliphatic carboxylic acids is 3. The fourth-order valence-corrected chi connectivity index (χ4v) is 4.81. The van der Waals surface area contributed by atoms with E-state index < -0.39 is 36.4 Å². The van der Waals surface area contributed by atoms with Gasteiger partial charge in [-0.05, 0) is 50.8 Å². The van der Waals surface area contributed by atoms with Crippen molar-refractivity contribution in [2.75, 3.05) is 11.9 Å². The fraction of sp³-hybridized carbons (Fsp3) is 0.419. The molecular formula is C31H43N7O10. The quantitative estimate of drug-likeness (QED) is 0.0881. The van der Waals surface area contributed by atoms with Crippen molar-refractivity contribution in [2.45, 2.75) is 69.3 Å². The molecule has 48 heavy (non-hydrogen) atoms. The zero-order chi connectivity index (χ0) is 34.6. The van der Waals surface area contributed by atoms with E-state index >= 15 is 0 Å². The van der Waals surface area contributed by atoms with Gasteiger partial charge in [-0.15, -0.1) is 0 Å². The number of rotatable bonds is 14. The predicted octanol–water partition coefficient (Wildman–Crippen LogP) is 1.17. The first-order chi connectivity index (χ1) is 22.3. The highest BCUT2D eigenvalue weighted by Gasteiger charge is 2.40. The van der Waals surface area contributed by atoms with E-state index in [-0.39, 0.29) is 17.7 Å². The third-order valence-electron chi connectivity index (χ3n) is 7.15. The second-order valence-corrected chi connectivity index (χ2v) is 11.2. The number of nitrogens with two attached hydrogens (primary N) is 1. The number of hydrogen-bond donors (Lipinski definition) is 8. The number of hydrogen-bond acceptors (Lipinski definition) is 11. The molecule has 0 bridgehead atoms. The minimum absolute atomic E-state index is 0. The van der Waals surface area contributed by atoms with Gasteiger partial charge in [-0.2, -0.15) is 0 Å². The number of carbonyl (C=O) groups is 3. The monoisotopic (exact) mass is 673 g/mol. The summed E-state index contributed by atoms with van der Waals surface area (Å²) in [4.78, 5) is 43.8. The van der Waals surface area contributed by atoms with Crippen LogP contribution in [0.5, 0.6) is 5.75 Å². The molecule has 17 nitrogen and oxygen atoms in total. The summed E-state index contributed by atoms with van der Waals surface area (Å²) in [7, 11) is 1.95. The predicted molar refractivity (Wildman–Crippen MR) is 176 cm³/mol. The van der Waals surface area contributed by atoms with Crippen molar-refractivity contribution in [1.29, 1.82) is 0 Å². The number of aliphatic hydroxyl groups excluding tert-OH is 1. The van der Waals surface area contributed by atoms with Gasteiger partial charge in [0.15, 0.2) is 5.60 Å². The number of benzene rings is 1. The van der Waals surface area contributed by atoms with Crippen LogP contribution in [-0.4, -0.2) is 99.7 Å². The number of anilines is 1. The molecular weight excluding hydrogens is 630 g/mol. The number of carboxylic acids is 3. The Morgan fingerprint density at radius 1 is 1.12 bits per heavy atom. The normalized spacial score (nSPS) is 17.1. The summed E-state index contributed by atoms with van der Waals surface area (Å²) in [6.45, 7) is 2.43. The molecule has 1 saturated carbocycles. The van der Waals surface area contributed by atoms with Gasteiger partial charge >= 0.3 is 17.9 Å². The first-order valence-corrected chi connectivity index (χ1v) is 14.9. The lowest BCUT2D eigenvalue weighted by atomic mass is 9.93. The third kappa shape index (κ3) is 12.3. The Kier molecular flexibility index (Phi) is 14.9. The van der Waals surface area contributed by atoms with Crippen LogP contribution in [0.3, 0.4) is 0 Å². The standard InChI is InChI=1S/C25H33N7O2.C6H8O7.H2O/c1-17(33)15-29-18-6-8-19(9-7-18)34-20-13-21(25-22(14-20)32(2)16-30-25)31-23(26)10-12-28-24-5-3-4-11-27-24;7-3(8)1-6(13,5(11)12)2-4(9)10;/h3-5,10-14,16-19,29,33H,6-9,15H2,1-2H3,(H2,26,31)(H,27,28);13H,1-2H2,(H,7,8)(H,9,10)(H,11,12);1H2/b12-10-;;/t17-,18?,19?;;/m0../s1. The van der Waals surface area contributed by atoms with Crippen LogP contribution in [0.2, 0.25) is 0 Å². The van der Waals surface area contributed by atoms with Crippen LogP contribution in [0.15, 0.2) is 60.1 Å². The molecule has 1 fully saturated rings. The summed E-state index contributed by atoms with van der Waals surface area (Å²) in [6.07, 6.45) is 8.39. The van der Waals surface area contributed by atoms with Crippen molar-refractivity contribution < 1.29 is 50.1 Å². The molecule has 0 spiro atoms. The summed E-state index contributed by atoms with van der Waals surface area (Å²) in [6, 6.07) is 9.97. The molecule has 0 radical (unpaired) electrons. The number of aliphatic imine (C=N–C) groups is 1. The number of nitrogens with zero attached hydrogens (tertiary/aromatic N) is 4. The number of carboxylic acid groups (broad SMARTS) is 3. The number of pyridine rings is 1. The fourth-order valence-electron chi connectivity index (χ4n) is 4.81. The van der Waals surface area contributed by atoms with Crippen LogP contribution in [-0.2, 0) is 21.4 Å². The Balaban J connectivity index is 0.000000488. The van der Waals surface area contributed by atoms with E-state index in [0.29, 0.717) is 24.1 Å². The molecule has 17 heteroatoms. The molecule has 2 heterocycles. The van der Waals surface area contributed by atoms with Crippen molar-refractivity contribution in [2.24, 2.45) is 17.8 Å². The zero-order valence-electron chi connectivity index (χ0n) is 26.6. The van der Waals surface area contributed by atoms with Gasteiger partial charge in [-0.25, -0.2) is 19.8 Å². The second-order valence-electron chi connectivity index (χ2n) is 11.2. The van der Waals surface area contributed by atoms with E-state index in [2.05, 4.69) is 25.6 Å². The van der Waals surface area contributed by atoms with Crippen LogP contribution in [0, 0.1) is 0 Å². The molecule has 0 amide bonds. The van der Waals surface area contributed by atoms with Crippen LogP contribution < -0.4 is 21.1 Å². The van der Waals surface area contributed by atoms with Crippen LogP contribution >= 0.6 is 0 Å². The smallest absolute Gasteiger partial charge is 0.336 e. The Bertz CT molecular complexity index is 1550. The molecule has 1 atom stereocenters. The number of aromatic nitrogens is 3. The Hall–Kier alpha value is -5.10. The zero-order valence-corrected chi connectivity index (χ0v) is 26.6. The lowest BCUT2D eigenvalue weighted by molar-refractivity contribution is -0.170. The maximum atomic E-state index is 10.3. The number of aliphatic hydroxyl groups is 2. The average Bonchev–Trinajstić information content (AvgIpc) is 3.37. The van der Waals surface area contributed by atoms with Gasteiger partial charge in [-0.3, -0.25) is 9.59 Å². The van der Waals surface area contributed by atoms with Gasteiger partial charge in [0.2, 0.25) is 0 Å². The molecule has 0 unspecified atom stereocenters. The van der Waals surface area contributed by atoms with Gasteiger partial charge in [0.1, 0.15) is 22.9 Å². The van der Waals surface area contributed by atoms with E-state index in [1.165, 1.54) is 0 Å². The molecule has 0 saturated heterocycles. The summed E-state index contributed by atoms with van der Waals surface area (Å²) in [5.41, 5.74) is 5.81. The maximum absolute atomic E-state index is 10.3. The van der Waals surface area contributed by atoms with Gasteiger partial charge in [0.25, 0.3) is 0 Å². The minimum Gasteiger partial charge on any atom is -0.490 e. The van der Waals surface area contributed by atoms with E-state index in [4.69, 9.17) is 30.9 Å². The number of amidine groups is 1. The molecule has 3 aromatic rings. The van der Waals surface area contributed by atoms with E-state index in [1.807, 2.05) is 41.9 Å². The molecule has 1 aromatic carbocycles. The Morgan fingerprint density at radius 3 is 2.35 bits per heavy atom. The average molecular weight is 674 g/mol. The van der Waals surface area contributed by atoms with Gasteiger partial charge < -0.3 is 56.7 Å². The highest BCUT2D eigenvalue weighted by Crippen LogP contribution is 2.33. The first-order valence-electron chi connectivity index (χ1n) is 14.9. The van der Waals surface area contributed by atoms with Crippen LogP contribution in [0.4, 0.5) is 11.5 Å². The van der Waals surface area contributed by atoms with Gasteiger partial charge in [0.05, 0.1) is 42.6 Å². The van der Waals surface area contributed by atoms with Gasteiger partial charge in [-0.1, -0.05) is 6.07 Å². The molecule has 1 aliphatic carbocycles. The summed E-state index contributed by atoms with van der Waals surface area (Å²) >= 11 is 0. The number of aryl methyl sites for hydroxylation is 1. The van der Waals surface area contributed by atoms with Crippen LogP contribution in [0.25, 0.3) is 11.0 Å². The molecule has 2 aromatic heterocycles. The molecule has 11 N–H and O–H groups in total. The molecule has 0 aliphatic heterocycles. The largest absolute Gasteiger partial charge is 0.490 e. The van der Waals surface area contributed by atoms with Gasteiger partial charge in [0, 0.05) is 44.2 Å². The number of fused-ring (bicyclic) bond motifs is 1. The number of imidazole rings is 1. The first kappa shape index (κ1) is 39.1. The number of ether oxygens (including phenoxy) is 1. The minimum atomic E-state index is -2.74. The van der Waals surface area contributed by atoms with Crippen molar-refractivity contribution in [3.05, 3.63) is 55.1 Å². The molecule has 262 valence electrons. The second kappa shape index (κ2) is 18.3. The lowest BCUT2D eigenvalue weighted by Crippen LogP contribution is -2.42. The third-order valence-corrected chi connectivity index (χ3v) is 7.15. The van der Waals surface area contributed by atoms with Crippen molar-refractivity contribution in [1.82, 2.24) is 19.9 Å².